The predicted molar refractivity (Wildman–Crippen MR) is 96.6 cm³/mol. The van der Waals surface area contributed by atoms with Crippen LogP contribution in [0.2, 0.25) is 0 Å². The largest absolute Gasteiger partial charge is 0.314 e. The third-order valence-corrected chi connectivity index (χ3v) is 4.19. The van der Waals surface area contributed by atoms with Crippen LogP contribution in [-0.2, 0) is 0 Å². The van der Waals surface area contributed by atoms with Crippen LogP contribution in [0.3, 0.4) is 0 Å². The van der Waals surface area contributed by atoms with Crippen LogP contribution in [0.25, 0.3) is 11.8 Å². The molecule has 0 amide bonds. The molecule has 1 heteroatoms. The Balaban J connectivity index is 2.25. The zero-order valence-corrected chi connectivity index (χ0v) is 13.6. The molecule has 0 saturated carbocycles. The number of para-hydroxylation sites is 1. The first-order valence-electron chi connectivity index (χ1n) is 8.12. The number of nitrogens with zero attached hydrogens (tertiary/aromatic N) is 1. The number of benzene rings is 2. The van der Waals surface area contributed by atoms with Gasteiger partial charge in [0.2, 0.25) is 0 Å². The molecule has 2 aromatic carbocycles. The van der Waals surface area contributed by atoms with Gasteiger partial charge in [0, 0.05) is 22.6 Å². The average molecular weight is 289 g/mol. The maximum atomic E-state index is 2.42. The van der Waals surface area contributed by atoms with Gasteiger partial charge in [-0.15, -0.1) is 0 Å². The summed E-state index contributed by atoms with van der Waals surface area (Å²) in [6.07, 6.45) is 6.73. The van der Waals surface area contributed by atoms with E-state index in [1.165, 1.54) is 33.8 Å². The summed E-state index contributed by atoms with van der Waals surface area (Å²) in [7, 11) is 0. The topological polar surface area (TPSA) is 3.24 Å². The second-order valence-electron chi connectivity index (χ2n) is 5.70. The first-order chi connectivity index (χ1) is 10.8. The van der Waals surface area contributed by atoms with Crippen LogP contribution < -0.4 is 4.90 Å². The summed E-state index contributed by atoms with van der Waals surface area (Å²) in [4.78, 5) is 2.42. The Hall–Kier alpha value is -2.28. The van der Waals surface area contributed by atoms with Crippen molar-refractivity contribution >= 4 is 17.5 Å². The third-order valence-electron chi connectivity index (χ3n) is 4.19. The second-order valence-corrected chi connectivity index (χ2v) is 5.70. The summed E-state index contributed by atoms with van der Waals surface area (Å²) in [6.45, 7) is 6.64. The van der Waals surface area contributed by atoms with Crippen LogP contribution >= 0.6 is 0 Å². The van der Waals surface area contributed by atoms with E-state index in [0.29, 0.717) is 0 Å². The standard InChI is InChI=1S/C21H23N/c1-4-10-20-21-16(3)11-9-12-17(21)15-18(5-2)22(20)19-13-7-6-8-14-19/h6-15H,4-5H2,1-3H3/b20-10+. The molecule has 3 rings (SSSR count). The van der Waals surface area contributed by atoms with Gasteiger partial charge in [0.25, 0.3) is 0 Å². The molecule has 0 radical (unpaired) electrons. The van der Waals surface area contributed by atoms with Crippen LogP contribution in [0.5, 0.6) is 0 Å². The van der Waals surface area contributed by atoms with Crippen molar-refractivity contribution < 1.29 is 0 Å². The second kappa shape index (κ2) is 6.23. The van der Waals surface area contributed by atoms with Crippen molar-refractivity contribution in [1.29, 1.82) is 0 Å². The molecule has 0 aromatic heterocycles. The molecule has 2 aromatic rings. The normalized spacial score (nSPS) is 15.7. The van der Waals surface area contributed by atoms with Gasteiger partial charge in [-0.1, -0.05) is 56.3 Å². The third kappa shape index (κ3) is 2.48. The number of hydrogen-bond donors (Lipinski definition) is 0. The van der Waals surface area contributed by atoms with Gasteiger partial charge >= 0.3 is 0 Å². The van der Waals surface area contributed by atoms with Crippen LogP contribution in [-0.4, -0.2) is 0 Å². The fourth-order valence-electron chi connectivity index (χ4n) is 3.20. The zero-order chi connectivity index (χ0) is 15.5. The fourth-order valence-corrected chi connectivity index (χ4v) is 3.20. The summed E-state index contributed by atoms with van der Waals surface area (Å²) in [5.74, 6) is 0. The van der Waals surface area contributed by atoms with E-state index in [4.69, 9.17) is 0 Å². The molecule has 1 aliphatic heterocycles. The van der Waals surface area contributed by atoms with Gasteiger partial charge in [-0.2, -0.15) is 0 Å². The van der Waals surface area contributed by atoms with E-state index in [0.717, 1.165) is 12.8 Å². The smallest absolute Gasteiger partial charge is 0.0499 e. The van der Waals surface area contributed by atoms with Crippen molar-refractivity contribution in [2.24, 2.45) is 0 Å². The van der Waals surface area contributed by atoms with Gasteiger partial charge in [-0.25, -0.2) is 0 Å². The van der Waals surface area contributed by atoms with E-state index in [9.17, 15) is 0 Å². The predicted octanol–water partition coefficient (Wildman–Crippen LogP) is 6.02. The molecular formula is C21H23N. The maximum Gasteiger partial charge on any atom is 0.0499 e. The molecule has 0 unspecified atom stereocenters. The van der Waals surface area contributed by atoms with E-state index in [1.807, 2.05) is 0 Å². The van der Waals surface area contributed by atoms with E-state index in [1.54, 1.807) is 0 Å². The number of rotatable bonds is 3. The van der Waals surface area contributed by atoms with Crippen molar-refractivity contribution in [2.75, 3.05) is 4.90 Å². The molecule has 0 saturated heterocycles. The molecular weight excluding hydrogens is 266 g/mol. The zero-order valence-electron chi connectivity index (χ0n) is 13.6. The minimum atomic E-state index is 1.02. The van der Waals surface area contributed by atoms with Gasteiger partial charge in [0.05, 0.1) is 0 Å². The molecule has 0 N–H and O–H groups in total. The van der Waals surface area contributed by atoms with Crippen molar-refractivity contribution in [2.45, 2.75) is 33.6 Å². The van der Waals surface area contributed by atoms with Gasteiger partial charge in [0.15, 0.2) is 0 Å². The Labute approximate surface area is 133 Å². The molecule has 0 spiro atoms. The molecule has 0 atom stereocenters. The highest BCUT2D eigenvalue weighted by Gasteiger charge is 2.24. The highest BCUT2D eigenvalue weighted by Crippen LogP contribution is 2.39. The number of aryl methyl sites for hydroxylation is 1. The molecule has 0 bridgehead atoms. The quantitative estimate of drug-likeness (QED) is 0.668. The average Bonchev–Trinajstić information content (AvgIpc) is 2.55. The SMILES string of the molecule is CC/C=C1\c2c(C)cccc2C=C(CC)N1c1ccccc1. The monoisotopic (exact) mass is 289 g/mol. The van der Waals surface area contributed by atoms with Crippen molar-refractivity contribution in [3.8, 4) is 0 Å². The van der Waals surface area contributed by atoms with E-state index >= 15 is 0 Å². The molecule has 1 nitrogen and oxygen atoms in total. The van der Waals surface area contributed by atoms with E-state index in [2.05, 4.69) is 86.4 Å². The minimum absolute atomic E-state index is 1.02. The van der Waals surface area contributed by atoms with E-state index in [-0.39, 0.29) is 0 Å². The maximum absolute atomic E-state index is 2.42. The van der Waals surface area contributed by atoms with Crippen molar-refractivity contribution in [3.63, 3.8) is 0 Å². The van der Waals surface area contributed by atoms with Gasteiger partial charge in [-0.05, 0) is 49.1 Å². The Morgan fingerprint density at radius 1 is 0.955 bits per heavy atom. The van der Waals surface area contributed by atoms with Crippen LogP contribution in [0, 0.1) is 6.92 Å². The summed E-state index contributed by atoms with van der Waals surface area (Å²) < 4.78 is 0. The van der Waals surface area contributed by atoms with Crippen LogP contribution in [0.1, 0.15) is 43.4 Å². The van der Waals surface area contributed by atoms with Gasteiger partial charge < -0.3 is 4.90 Å². The number of allylic oxidation sites excluding steroid dienone is 2. The summed E-state index contributed by atoms with van der Waals surface area (Å²) in [6, 6.07) is 17.3. The summed E-state index contributed by atoms with van der Waals surface area (Å²) in [5, 5.41) is 0. The van der Waals surface area contributed by atoms with Crippen molar-refractivity contribution in [3.05, 3.63) is 77.0 Å². The Morgan fingerprint density at radius 3 is 2.41 bits per heavy atom. The lowest BCUT2D eigenvalue weighted by molar-refractivity contribution is 1.01. The van der Waals surface area contributed by atoms with E-state index < -0.39 is 0 Å². The van der Waals surface area contributed by atoms with Gasteiger partial charge in [0.1, 0.15) is 0 Å². The molecule has 112 valence electrons. The highest BCUT2D eigenvalue weighted by molar-refractivity contribution is 5.92. The summed E-state index contributed by atoms with van der Waals surface area (Å²) >= 11 is 0. The Bertz CT molecular complexity index is 723. The first kappa shape index (κ1) is 14.6. The Morgan fingerprint density at radius 2 is 1.73 bits per heavy atom. The lowest BCUT2D eigenvalue weighted by Crippen LogP contribution is -2.24. The van der Waals surface area contributed by atoms with Crippen LogP contribution in [0.4, 0.5) is 5.69 Å². The molecule has 0 fully saturated rings. The lowest BCUT2D eigenvalue weighted by Gasteiger charge is -2.35. The lowest BCUT2D eigenvalue weighted by atomic mass is 9.92. The summed E-state index contributed by atoms with van der Waals surface area (Å²) in [5.41, 5.74) is 7.95. The van der Waals surface area contributed by atoms with Gasteiger partial charge in [-0.3, -0.25) is 0 Å². The molecule has 1 heterocycles. The van der Waals surface area contributed by atoms with Crippen molar-refractivity contribution in [1.82, 2.24) is 0 Å². The number of fused-ring (bicyclic) bond motifs is 1. The number of anilines is 1. The minimum Gasteiger partial charge on any atom is -0.314 e. The number of hydrogen-bond acceptors (Lipinski definition) is 1. The highest BCUT2D eigenvalue weighted by atomic mass is 15.2. The Kier molecular flexibility index (Phi) is 4.15. The van der Waals surface area contributed by atoms with Crippen LogP contribution in [0.15, 0.2) is 60.3 Å². The first-order valence-corrected chi connectivity index (χ1v) is 8.12. The molecule has 22 heavy (non-hydrogen) atoms. The molecule has 1 aliphatic rings. The fraction of sp³-hybridized carbons (Fsp3) is 0.238. The molecule has 0 aliphatic carbocycles.